The zero-order valence-electron chi connectivity index (χ0n) is 29.8. The van der Waals surface area contributed by atoms with Crippen LogP contribution in [0.15, 0.2) is 200 Å². The normalized spacial score (nSPS) is 11.6. The lowest BCUT2D eigenvalue weighted by atomic mass is 9.97. The zero-order chi connectivity index (χ0) is 36.3. The molecule has 0 aliphatic carbocycles. The van der Waals surface area contributed by atoms with E-state index in [1.165, 1.54) is 84.5 Å². The third kappa shape index (κ3) is 5.51. The summed E-state index contributed by atoms with van der Waals surface area (Å²) in [5, 5.41) is 7.93. The lowest BCUT2D eigenvalue weighted by molar-refractivity contribution is 1.28. The summed E-state index contributed by atoms with van der Waals surface area (Å²) in [5.41, 5.74) is 10.7. The van der Waals surface area contributed by atoms with E-state index in [9.17, 15) is 0 Å². The summed E-state index contributed by atoms with van der Waals surface area (Å²) in [4.78, 5) is 2.37. The number of hydrogen-bond acceptors (Lipinski definition) is 3. The molecule has 0 aliphatic rings. The number of thiophene rings is 2. The van der Waals surface area contributed by atoms with Gasteiger partial charge in [0, 0.05) is 57.4 Å². The van der Waals surface area contributed by atoms with Gasteiger partial charge in [0.2, 0.25) is 0 Å². The van der Waals surface area contributed by atoms with Gasteiger partial charge >= 0.3 is 0 Å². The largest absolute Gasteiger partial charge is 0.311 e. The molecule has 2 heterocycles. The second-order valence-corrected chi connectivity index (χ2v) is 16.3. The molecule has 0 fully saturated rings. The van der Waals surface area contributed by atoms with Crippen LogP contribution in [0.4, 0.5) is 17.1 Å². The standard InChI is InChI=1S/C52H33NS2/c1-2-9-34(10-3-1)35-19-26-40(27-20-35)53(42-30-23-37(24-31-42)43-13-8-16-49-51(43)44-11-4-6-14-47(44)54-49)41-28-21-36(22-29-41)39-18-17-38-25-32-50-52(46(38)33-39)45-12-5-7-15-48(45)55-50/h1-33H. The maximum atomic E-state index is 2.38. The van der Waals surface area contributed by atoms with Crippen LogP contribution in [0.5, 0.6) is 0 Å². The molecule has 0 spiro atoms. The predicted octanol–water partition coefficient (Wildman–Crippen LogP) is 16.0. The molecule has 0 aliphatic heterocycles. The van der Waals surface area contributed by atoms with Crippen molar-refractivity contribution in [3.63, 3.8) is 0 Å². The van der Waals surface area contributed by atoms with Crippen LogP contribution in [0.2, 0.25) is 0 Å². The molecule has 3 heteroatoms. The van der Waals surface area contributed by atoms with Crippen molar-refractivity contribution in [1.29, 1.82) is 0 Å². The van der Waals surface area contributed by atoms with Crippen molar-refractivity contribution < 1.29 is 0 Å². The Kier molecular flexibility index (Phi) is 7.61. The summed E-state index contributed by atoms with van der Waals surface area (Å²) >= 11 is 3.74. The average Bonchev–Trinajstić information content (AvgIpc) is 3.84. The SMILES string of the molecule is c1ccc(-c2ccc(N(c3ccc(-c4ccc5ccc6sc7ccccc7c6c5c4)cc3)c3ccc(-c4cccc5sc6ccccc6c45)cc3)cc2)cc1. The van der Waals surface area contributed by atoms with Crippen LogP contribution in [0, 0.1) is 0 Å². The van der Waals surface area contributed by atoms with Gasteiger partial charge in [0.1, 0.15) is 0 Å². The summed E-state index contributed by atoms with van der Waals surface area (Å²) in [6.45, 7) is 0. The lowest BCUT2D eigenvalue weighted by Crippen LogP contribution is -2.09. The second kappa shape index (κ2) is 13.1. The van der Waals surface area contributed by atoms with Crippen LogP contribution >= 0.6 is 22.7 Å². The molecule has 55 heavy (non-hydrogen) atoms. The fraction of sp³-hybridized carbons (Fsp3) is 0. The Morgan fingerprint density at radius 3 is 1.42 bits per heavy atom. The predicted molar refractivity (Wildman–Crippen MR) is 241 cm³/mol. The van der Waals surface area contributed by atoms with Gasteiger partial charge in [0.25, 0.3) is 0 Å². The number of nitrogens with zero attached hydrogens (tertiary/aromatic N) is 1. The van der Waals surface area contributed by atoms with Crippen molar-refractivity contribution in [3.8, 4) is 33.4 Å². The molecule has 0 unspecified atom stereocenters. The maximum Gasteiger partial charge on any atom is 0.0462 e. The van der Waals surface area contributed by atoms with E-state index in [4.69, 9.17) is 0 Å². The van der Waals surface area contributed by atoms with Gasteiger partial charge in [-0.2, -0.15) is 0 Å². The quantitative estimate of drug-likeness (QED) is 0.164. The molecule has 0 atom stereocenters. The van der Waals surface area contributed by atoms with E-state index >= 15 is 0 Å². The summed E-state index contributed by atoms with van der Waals surface area (Å²) in [7, 11) is 0. The summed E-state index contributed by atoms with van der Waals surface area (Å²) in [5.74, 6) is 0. The summed E-state index contributed by atoms with van der Waals surface area (Å²) < 4.78 is 5.32. The van der Waals surface area contributed by atoms with E-state index in [-0.39, 0.29) is 0 Å². The zero-order valence-corrected chi connectivity index (χ0v) is 31.4. The summed E-state index contributed by atoms with van der Waals surface area (Å²) in [6, 6.07) is 73.3. The minimum Gasteiger partial charge on any atom is -0.311 e. The van der Waals surface area contributed by atoms with Crippen molar-refractivity contribution in [2.75, 3.05) is 4.90 Å². The monoisotopic (exact) mass is 735 g/mol. The molecule has 0 bridgehead atoms. The molecule has 0 saturated heterocycles. The minimum absolute atomic E-state index is 1.11. The highest BCUT2D eigenvalue weighted by atomic mass is 32.1. The fourth-order valence-corrected chi connectivity index (χ4v) is 10.5. The number of anilines is 3. The lowest BCUT2D eigenvalue weighted by Gasteiger charge is -2.26. The van der Waals surface area contributed by atoms with E-state index in [2.05, 4.69) is 205 Å². The Morgan fingerprint density at radius 2 is 0.764 bits per heavy atom. The second-order valence-electron chi connectivity index (χ2n) is 14.1. The van der Waals surface area contributed by atoms with Crippen LogP contribution in [0.1, 0.15) is 0 Å². The molecule has 11 aromatic rings. The molecule has 1 nitrogen and oxygen atoms in total. The van der Waals surface area contributed by atoms with Gasteiger partial charge in [-0.1, -0.05) is 133 Å². The number of fused-ring (bicyclic) bond motifs is 8. The molecular formula is C52H33NS2. The first-order chi connectivity index (χ1) is 27.2. The molecule has 0 N–H and O–H groups in total. The molecular weight excluding hydrogens is 703 g/mol. The van der Waals surface area contributed by atoms with Crippen molar-refractivity contribution in [2.24, 2.45) is 0 Å². The molecule has 0 amide bonds. The first kappa shape index (κ1) is 32.0. The van der Waals surface area contributed by atoms with E-state index < -0.39 is 0 Å². The molecule has 2 aromatic heterocycles. The Morgan fingerprint density at radius 1 is 0.291 bits per heavy atom. The smallest absolute Gasteiger partial charge is 0.0462 e. The highest BCUT2D eigenvalue weighted by Crippen LogP contribution is 2.43. The van der Waals surface area contributed by atoms with Gasteiger partial charge < -0.3 is 4.90 Å². The number of benzene rings is 9. The van der Waals surface area contributed by atoms with Gasteiger partial charge in [-0.15, -0.1) is 22.7 Å². The van der Waals surface area contributed by atoms with Crippen LogP contribution in [-0.4, -0.2) is 0 Å². The number of rotatable bonds is 6. The summed E-state index contributed by atoms with van der Waals surface area (Å²) in [6.07, 6.45) is 0. The van der Waals surface area contributed by atoms with Crippen LogP contribution in [0.3, 0.4) is 0 Å². The highest BCUT2D eigenvalue weighted by molar-refractivity contribution is 7.26. The van der Waals surface area contributed by atoms with E-state index in [0.717, 1.165) is 17.1 Å². The third-order valence-corrected chi connectivity index (χ3v) is 13.2. The van der Waals surface area contributed by atoms with Gasteiger partial charge in [-0.3, -0.25) is 0 Å². The Labute approximate surface area is 327 Å². The third-order valence-electron chi connectivity index (χ3n) is 10.9. The van der Waals surface area contributed by atoms with E-state index in [1.807, 2.05) is 22.7 Å². The van der Waals surface area contributed by atoms with Gasteiger partial charge in [0.15, 0.2) is 0 Å². The average molecular weight is 736 g/mol. The van der Waals surface area contributed by atoms with Gasteiger partial charge in [-0.05, 0) is 111 Å². The number of hydrogen-bond donors (Lipinski definition) is 0. The fourth-order valence-electron chi connectivity index (χ4n) is 8.21. The Hall–Kier alpha value is -6.52. The molecule has 0 radical (unpaired) electrons. The topological polar surface area (TPSA) is 3.24 Å². The first-order valence-corrected chi connectivity index (χ1v) is 20.3. The van der Waals surface area contributed by atoms with Crippen LogP contribution in [-0.2, 0) is 0 Å². The van der Waals surface area contributed by atoms with E-state index in [0.29, 0.717) is 0 Å². The van der Waals surface area contributed by atoms with Crippen LogP contribution < -0.4 is 4.90 Å². The van der Waals surface area contributed by atoms with Gasteiger partial charge in [-0.25, -0.2) is 0 Å². The molecule has 11 rings (SSSR count). The highest BCUT2D eigenvalue weighted by Gasteiger charge is 2.16. The van der Waals surface area contributed by atoms with Crippen molar-refractivity contribution in [1.82, 2.24) is 0 Å². The van der Waals surface area contributed by atoms with Gasteiger partial charge in [0.05, 0.1) is 0 Å². The Bertz CT molecular complexity index is 3170. The van der Waals surface area contributed by atoms with E-state index in [1.54, 1.807) is 0 Å². The minimum atomic E-state index is 1.11. The Balaban J connectivity index is 0.995. The maximum absolute atomic E-state index is 2.38. The molecule has 0 saturated carbocycles. The first-order valence-electron chi connectivity index (χ1n) is 18.7. The van der Waals surface area contributed by atoms with Crippen molar-refractivity contribution in [3.05, 3.63) is 200 Å². The van der Waals surface area contributed by atoms with Crippen LogP contribution in [0.25, 0.3) is 84.5 Å². The molecule has 9 aromatic carbocycles. The molecule has 258 valence electrons. The van der Waals surface area contributed by atoms with Crippen molar-refractivity contribution in [2.45, 2.75) is 0 Å². The van der Waals surface area contributed by atoms with Crippen molar-refractivity contribution >= 4 is 90.9 Å².